The average Bonchev–Trinajstić information content (AvgIpc) is 2.56. The van der Waals surface area contributed by atoms with Gasteiger partial charge in [-0.2, -0.15) is 9.60 Å². The number of unbranched alkanes of at least 4 members (excludes halogenated alkanes) is 9. The molecule has 1 unspecified atom stereocenters. The number of allylic oxidation sites excluding steroid dienone is 2. The number of ether oxygens (including phenoxy) is 1. The van der Waals surface area contributed by atoms with Crippen LogP contribution in [0.2, 0.25) is 0 Å². The van der Waals surface area contributed by atoms with Crippen LogP contribution in [0.25, 0.3) is 0 Å². The largest absolute Gasteiger partial charge is 1.00 e. The molecule has 0 radical (unpaired) electrons. The van der Waals surface area contributed by atoms with Gasteiger partial charge in [0.05, 0.1) is 6.61 Å². The van der Waals surface area contributed by atoms with Crippen molar-refractivity contribution in [2.24, 2.45) is 0 Å². The third-order valence-electron chi connectivity index (χ3n) is 4.79. The molecule has 0 aromatic heterocycles. The van der Waals surface area contributed by atoms with Gasteiger partial charge in [0.1, 0.15) is 12.7 Å². The molecule has 0 saturated heterocycles. The van der Waals surface area contributed by atoms with Gasteiger partial charge in [-0.05, 0) is 18.6 Å². The molecule has 1 aliphatic heterocycles. The average molecular weight is 359 g/mol. The van der Waals surface area contributed by atoms with Crippen LogP contribution in [0.1, 0.15) is 71.1 Å². The van der Waals surface area contributed by atoms with Crippen LogP contribution in [-0.4, -0.2) is 43.6 Å². The van der Waals surface area contributed by atoms with E-state index in [2.05, 4.69) is 50.5 Å². The van der Waals surface area contributed by atoms with E-state index in [0.717, 1.165) is 24.5 Å². The zero-order chi connectivity index (χ0) is 16.8. The normalized spacial score (nSPS) is 19.7. The maximum absolute atomic E-state index is 5.96. The molecular formula is C20H39ClN2O. The van der Waals surface area contributed by atoms with Crippen LogP contribution in [0.15, 0.2) is 24.4 Å². The first-order valence-corrected chi connectivity index (χ1v) is 9.68. The fourth-order valence-electron chi connectivity index (χ4n) is 3.01. The maximum atomic E-state index is 5.96. The van der Waals surface area contributed by atoms with Gasteiger partial charge in [0.25, 0.3) is 0 Å². The van der Waals surface area contributed by atoms with Crippen molar-refractivity contribution in [3.63, 3.8) is 0 Å². The summed E-state index contributed by atoms with van der Waals surface area (Å²) in [6.45, 7) is 4.90. The molecule has 0 spiro atoms. The minimum absolute atomic E-state index is 0. The van der Waals surface area contributed by atoms with E-state index in [-0.39, 0.29) is 12.4 Å². The molecular weight excluding hydrogens is 320 g/mol. The van der Waals surface area contributed by atoms with Crippen molar-refractivity contribution in [2.75, 3.05) is 34.0 Å². The second kappa shape index (κ2) is 14.9. The smallest absolute Gasteiger partial charge is 0.205 e. The van der Waals surface area contributed by atoms with Gasteiger partial charge < -0.3 is 17.1 Å². The molecule has 0 aliphatic carbocycles. The lowest BCUT2D eigenvalue weighted by Crippen LogP contribution is -3.00. The van der Waals surface area contributed by atoms with Crippen LogP contribution in [0.5, 0.6) is 0 Å². The first-order chi connectivity index (χ1) is 11.2. The van der Waals surface area contributed by atoms with Crippen molar-refractivity contribution >= 4 is 0 Å². The molecule has 1 heterocycles. The van der Waals surface area contributed by atoms with Crippen molar-refractivity contribution in [1.29, 1.82) is 0 Å². The van der Waals surface area contributed by atoms with Crippen LogP contribution in [0, 0.1) is 0 Å². The van der Waals surface area contributed by atoms with E-state index in [4.69, 9.17) is 4.74 Å². The Morgan fingerprint density at radius 1 is 0.875 bits per heavy atom. The molecule has 0 aromatic carbocycles. The lowest BCUT2D eigenvalue weighted by atomic mass is 10.1. The molecule has 142 valence electrons. The van der Waals surface area contributed by atoms with Gasteiger partial charge >= 0.3 is 0 Å². The highest BCUT2D eigenvalue weighted by atomic mass is 35.5. The Bertz CT molecular complexity index is 345. The second-order valence-electron chi connectivity index (χ2n) is 7.01. The fourth-order valence-corrected chi connectivity index (χ4v) is 3.01. The van der Waals surface area contributed by atoms with Crippen molar-refractivity contribution in [1.82, 2.24) is 5.01 Å². The lowest BCUT2D eigenvalue weighted by Gasteiger charge is -2.38. The summed E-state index contributed by atoms with van der Waals surface area (Å²) in [6.07, 6.45) is 22.4. The molecule has 3 nitrogen and oxygen atoms in total. The van der Waals surface area contributed by atoms with Crippen LogP contribution < -0.4 is 12.4 Å². The molecule has 1 aliphatic rings. The summed E-state index contributed by atoms with van der Waals surface area (Å²) in [5.41, 5.74) is 0. The van der Waals surface area contributed by atoms with Gasteiger partial charge in [-0.25, -0.2) is 0 Å². The standard InChI is InChI=1S/C20H39N2O.ClH/c1-4-5-6-7-8-9-10-11-12-16-19-23-20-22(21(2)3)17-14-13-15-18-22;/h13-15,17H,4-12,16,18-20H2,1-3H3;1H/q+1;/p-1. The number of hydrogen-bond acceptors (Lipinski definition) is 2. The third-order valence-corrected chi connectivity index (χ3v) is 4.79. The van der Waals surface area contributed by atoms with Gasteiger partial charge in [-0.3, -0.25) is 0 Å². The van der Waals surface area contributed by atoms with E-state index in [1.165, 1.54) is 64.2 Å². The molecule has 24 heavy (non-hydrogen) atoms. The molecule has 0 fully saturated rings. The van der Waals surface area contributed by atoms with Crippen molar-refractivity contribution in [3.05, 3.63) is 24.4 Å². The summed E-state index contributed by atoms with van der Waals surface area (Å²) in [5.74, 6) is 0. The Balaban J connectivity index is 0.00000529. The summed E-state index contributed by atoms with van der Waals surface area (Å²) in [7, 11) is 4.24. The Labute approximate surface area is 156 Å². The summed E-state index contributed by atoms with van der Waals surface area (Å²) in [6, 6.07) is 0. The Kier molecular flexibility index (Phi) is 14.7. The zero-order valence-corrected chi connectivity index (χ0v) is 16.9. The van der Waals surface area contributed by atoms with Gasteiger partial charge in [0.2, 0.25) is 6.73 Å². The van der Waals surface area contributed by atoms with Crippen molar-refractivity contribution in [2.45, 2.75) is 71.1 Å². The summed E-state index contributed by atoms with van der Waals surface area (Å²) < 4.78 is 6.73. The molecule has 0 saturated carbocycles. The van der Waals surface area contributed by atoms with Crippen LogP contribution in [0.3, 0.4) is 0 Å². The monoisotopic (exact) mass is 358 g/mol. The lowest BCUT2D eigenvalue weighted by molar-refractivity contribution is -0.998. The molecule has 4 heteroatoms. The molecule has 1 atom stereocenters. The second-order valence-corrected chi connectivity index (χ2v) is 7.01. The van der Waals surface area contributed by atoms with E-state index in [9.17, 15) is 0 Å². The number of halogens is 1. The van der Waals surface area contributed by atoms with E-state index in [0.29, 0.717) is 0 Å². The third kappa shape index (κ3) is 9.83. The van der Waals surface area contributed by atoms with Crippen LogP contribution >= 0.6 is 0 Å². The van der Waals surface area contributed by atoms with Gasteiger partial charge in [0.15, 0.2) is 0 Å². The van der Waals surface area contributed by atoms with Crippen LogP contribution in [-0.2, 0) is 4.74 Å². The zero-order valence-electron chi connectivity index (χ0n) is 16.2. The summed E-state index contributed by atoms with van der Waals surface area (Å²) >= 11 is 0. The van der Waals surface area contributed by atoms with Gasteiger partial charge in [-0.15, -0.1) is 0 Å². The molecule has 0 N–H and O–H groups in total. The predicted molar refractivity (Wildman–Crippen MR) is 99.8 cm³/mol. The maximum Gasteiger partial charge on any atom is 0.205 e. The summed E-state index contributed by atoms with van der Waals surface area (Å²) in [5, 5.41) is 2.22. The minimum atomic E-state index is 0. The Hall–Kier alpha value is -0.350. The van der Waals surface area contributed by atoms with Gasteiger partial charge in [-0.1, -0.05) is 70.8 Å². The van der Waals surface area contributed by atoms with Crippen molar-refractivity contribution < 1.29 is 21.7 Å². The number of hydrogen-bond donors (Lipinski definition) is 0. The SMILES string of the molecule is CCCCCCCCCCCCOC[N+]1(N(C)C)C=CC=CC1.[Cl-]. The number of quaternary nitrogens is 1. The first-order valence-electron chi connectivity index (χ1n) is 9.68. The highest BCUT2D eigenvalue weighted by Gasteiger charge is 2.28. The van der Waals surface area contributed by atoms with E-state index in [1.54, 1.807) is 0 Å². The number of nitrogens with zero attached hydrogens (tertiary/aromatic N) is 2. The fraction of sp³-hybridized carbons (Fsp3) is 0.800. The Morgan fingerprint density at radius 3 is 1.96 bits per heavy atom. The summed E-state index contributed by atoms with van der Waals surface area (Å²) in [4.78, 5) is 0. The first kappa shape index (κ1) is 23.6. The highest BCUT2D eigenvalue weighted by Crippen LogP contribution is 2.15. The molecule has 1 rings (SSSR count). The van der Waals surface area contributed by atoms with Gasteiger partial charge in [0, 0.05) is 14.1 Å². The molecule has 0 aromatic rings. The van der Waals surface area contributed by atoms with E-state index < -0.39 is 0 Å². The van der Waals surface area contributed by atoms with E-state index >= 15 is 0 Å². The van der Waals surface area contributed by atoms with E-state index in [1.807, 2.05) is 0 Å². The highest BCUT2D eigenvalue weighted by molar-refractivity contribution is 5.03. The quantitative estimate of drug-likeness (QED) is 0.349. The molecule has 0 bridgehead atoms. The Morgan fingerprint density at radius 2 is 1.46 bits per heavy atom. The van der Waals surface area contributed by atoms with Crippen molar-refractivity contribution in [3.8, 4) is 0 Å². The predicted octanol–water partition coefficient (Wildman–Crippen LogP) is 2.26. The molecule has 0 amide bonds. The minimum Gasteiger partial charge on any atom is -1.00 e. The topological polar surface area (TPSA) is 12.5 Å². The number of rotatable bonds is 14. The van der Waals surface area contributed by atoms with Crippen LogP contribution in [0.4, 0.5) is 0 Å².